The van der Waals surface area contributed by atoms with Crippen molar-refractivity contribution < 1.29 is 10.2 Å². The maximum Gasteiger partial charge on any atom is 0.0774 e. The van der Waals surface area contributed by atoms with E-state index in [1.54, 1.807) is 6.92 Å². The standard InChI is InChI=1S/C8H13NO2S/c1-5(11)8(9)6-2-7(3-10)12-4-6/h2,4-5,8,10-11H,3,9H2,1H3. The van der Waals surface area contributed by atoms with E-state index in [1.807, 2.05) is 11.4 Å². The Labute approximate surface area is 75.5 Å². The van der Waals surface area contributed by atoms with Gasteiger partial charge in [0.2, 0.25) is 0 Å². The Morgan fingerprint density at radius 2 is 2.33 bits per heavy atom. The highest BCUT2D eigenvalue weighted by molar-refractivity contribution is 7.10. The van der Waals surface area contributed by atoms with Crippen LogP contribution in [0.2, 0.25) is 0 Å². The summed E-state index contributed by atoms with van der Waals surface area (Å²) in [6.45, 7) is 1.69. The van der Waals surface area contributed by atoms with E-state index in [0.29, 0.717) is 0 Å². The van der Waals surface area contributed by atoms with E-state index in [4.69, 9.17) is 10.8 Å². The number of nitrogens with two attached hydrogens (primary N) is 1. The van der Waals surface area contributed by atoms with Gasteiger partial charge in [0.15, 0.2) is 0 Å². The lowest BCUT2D eigenvalue weighted by molar-refractivity contribution is 0.164. The largest absolute Gasteiger partial charge is 0.391 e. The molecule has 0 fully saturated rings. The first-order valence-electron chi connectivity index (χ1n) is 3.77. The van der Waals surface area contributed by atoms with Crippen molar-refractivity contribution in [2.24, 2.45) is 5.73 Å². The number of hydrogen-bond donors (Lipinski definition) is 3. The van der Waals surface area contributed by atoms with Gasteiger partial charge in [-0.1, -0.05) is 0 Å². The third kappa shape index (κ3) is 2.04. The molecule has 68 valence electrons. The van der Waals surface area contributed by atoms with Crippen LogP contribution in [0, 0.1) is 0 Å². The van der Waals surface area contributed by atoms with Gasteiger partial charge in [0.05, 0.1) is 18.8 Å². The van der Waals surface area contributed by atoms with E-state index < -0.39 is 6.10 Å². The summed E-state index contributed by atoms with van der Waals surface area (Å²) in [6, 6.07) is 1.48. The minimum Gasteiger partial charge on any atom is -0.391 e. The summed E-state index contributed by atoms with van der Waals surface area (Å²) >= 11 is 1.45. The molecule has 2 atom stereocenters. The maximum absolute atomic E-state index is 9.17. The van der Waals surface area contributed by atoms with Gasteiger partial charge in [-0.3, -0.25) is 0 Å². The molecule has 0 aliphatic heterocycles. The van der Waals surface area contributed by atoms with Crippen LogP contribution in [-0.4, -0.2) is 16.3 Å². The molecule has 0 aliphatic rings. The van der Waals surface area contributed by atoms with Crippen LogP contribution in [-0.2, 0) is 6.61 Å². The van der Waals surface area contributed by atoms with Crippen molar-refractivity contribution in [1.82, 2.24) is 0 Å². The average molecular weight is 187 g/mol. The third-order valence-corrected chi connectivity index (χ3v) is 2.67. The second-order valence-corrected chi connectivity index (χ2v) is 3.77. The monoisotopic (exact) mass is 187 g/mol. The highest BCUT2D eigenvalue weighted by atomic mass is 32.1. The van der Waals surface area contributed by atoms with E-state index >= 15 is 0 Å². The van der Waals surface area contributed by atoms with Gasteiger partial charge in [0.1, 0.15) is 0 Å². The summed E-state index contributed by atoms with van der Waals surface area (Å²) in [5.41, 5.74) is 6.57. The molecule has 0 aliphatic carbocycles. The molecule has 1 rings (SSSR count). The molecular formula is C8H13NO2S. The lowest BCUT2D eigenvalue weighted by atomic mass is 10.1. The van der Waals surface area contributed by atoms with Crippen molar-refractivity contribution in [2.45, 2.75) is 25.7 Å². The zero-order valence-corrected chi connectivity index (χ0v) is 7.71. The summed E-state index contributed by atoms with van der Waals surface area (Å²) in [6.07, 6.45) is -0.550. The Morgan fingerprint density at radius 1 is 1.67 bits per heavy atom. The fraction of sp³-hybridized carbons (Fsp3) is 0.500. The van der Waals surface area contributed by atoms with E-state index in [9.17, 15) is 5.11 Å². The van der Waals surface area contributed by atoms with Crippen LogP contribution in [0.3, 0.4) is 0 Å². The van der Waals surface area contributed by atoms with Gasteiger partial charge in [0.25, 0.3) is 0 Å². The maximum atomic E-state index is 9.17. The number of hydrogen-bond acceptors (Lipinski definition) is 4. The Bertz CT molecular complexity index is 247. The molecule has 0 spiro atoms. The first-order chi connectivity index (χ1) is 5.65. The lowest BCUT2D eigenvalue weighted by Crippen LogP contribution is -2.22. The van der Waals surface area contributed by atoms with E-state index in [2.05, 4.69) is 0 Å². The van der Waals surface area contributed by atoms with Gasteiger partial charge in [-0.15, -0.1) is 11.3 Å². The number of aliphatic hydroxyl groups excluding tert-OH is 2. The van der Waals surface area contributed by atoms with Crippen LogP contribution in [0.1, 0.15) is 23.4 Å². The second-order valence-electron chi connectivity index (χ2n) is 2.77. The van der Waals surface area contributed by atoms with E-state index in [-0.39, 0.29) is 12.6 Å². The summed E-state index contributed by atoms with van der Waals surface area (Å²) < 4.78 is 0. The first kappa shape index (κ1) is 9.67. The summed E-state index contributed by atoms with van der Waals surface area (Å²) in [5, 5.41) is 19.8. The highest BCUT2D eigenvalue weighted by Gasteiger charge is 2.13. The average Bonchev–Trinajstić information content (AvgIpc) is 2.50. The van der Waals surface area contributed by atoms with Crippen LogP contribution in [0.15, 0.2) is 11.4 Å². The fourth-order valence-corrected chi connectivity index (χ4v) is 1.73. The van der Waals surface area contributed by atoms with Gasteiger partial charge in [-0.25, -0.2) is 0 Å². The van der Waals surface area contributed by atoms with Crippen LogP contribution in [0.4, 0.5) is 0 Å². The number of thiophene rings is 1. The molecule has 1 aromatic rings. The van der Waals surface area contributed by atoms with Gasteiger partial charge in [-0.05, 0) is 23.9 Å². The smallest absolute Gasteiger partial charge is 0.0774 e. The normalized spacial score (nSPS) is 16.0. The van der Waals surface area contributed by atoms with Crippen LogP contribution >= 0.6 is 11.3 Å². The molecule has 4 N–H and O–H groups in total. The van der Waals surface area contributed by atoms with Crippen molar-refractivity contribution in [3.63, 3.8) is 0 Å². The molecular weight excluding hydrogens is 174 g/mol. The Kier molecular flexibility index (Phi) is 3.22. The summed E-state index contributed by atoms with van der Waals surface area (Å²) in [7, 11) is 0. The molecule has 1 aromatic heterocycles. The molecule has 0 bridgehead atoms. The van der Waals surface area contributed by atoms with Crippen LogP contribution in [0.5, 0.6) is 0 Å². The quantitative estimate of drug-likeness (QED) is 0.650. The third-order valence-electron chi connectivity index (χ3n) is 1.73. The van der Waals surface area contributed by atoms with Crippen molar-refractivity contribution >= 4 is 11.3 Å². The van der Waals surface area contributed by atoms with E-state index in [1.165, 1.54) is 11.3 Å². The lowest BCUT2D eigenvalue weighted by Gasteiger charge is -2.12. The highest BCUT2D eigenvalue weighted by Crippen LogP contribution is 2.21. The fourth-order valence-electron chi connectivity index (χ4n) is 0.934. The number of aliphatic hydroxyl groups is 2. The second kappa shape index (κ2) is 4.00. The zero-order chi connectivity index (χ0) is 9.14. The Balaban J connectivity index is 2.74. The molecule has 4 heteroatoms. The van der Waals surface area contributed by atoms with Gasteiger partial charge in [-0.2, -0.15) is 0 Å². The Morgan fingerprint density at radius 3 is 2.75 bits per heavy atom. The van der Waals surface area contributed by atoms with Crippen molar-refractivity contribution in [1.29, 1.82) is 0 Å². The molecule has 1 heterocycles. The topological polar surface area (TPSA) is 66.5 Å². The van der Waals surface area contributed by atoms with Crippen LogP contribution in [0.25, 0.3) is 0 Å². The van der Waals surface area contributed by atoms with Gasteiger partial charge in [0, 0.05) is 4.88 Å². The summed E-state index contributed by atoms with van der Waals surface area (Å²) in [4.78, 5) is 0.876. The minimum atomic E-state index is -0.550. The van der Waals surface area contributed by atoms with Crippen molar-refractivity contribution in [2.75, 3.05) is 0 Å². The summed E-state index contributed by atoms with van der Waals surface area (Å²) in [5.74, 6) is 0. The van der Waals surface area contributed by atoms with Crippen molar-refractivity contribution in [3.05, 3.63) is 21.9 Å². The minimum absolute atomic E-state index is 0.0389. The molecule has 0 saturated carbocycles. The predicted octanol–water partition coefficient (Wildman–Crippen LogP) is 0.621. The first-order valence-corrected chi connectivity index (χ1v) is 4.65. The van der Waals surface area contributed by atoms with Crippen molar-refractivity contribution in [3.8, 4) is 0 Å². The Hall–Kier alpha value is -0.420. The molecule has 12 heavy (non-hydrogen) atoms. The SMILES string of the molecule is CC(O)C(N)c1csc(CO)c1. The molecule has 2 unspecified atom stereocenters. The predicted molar refractivity (Wildman–Crippen MR) is 48.9 cm³/mol. The van der Waals surface area contributed by atoms with E-state index in [0.717, 1.165) is 10.4 Å². The molecule has 0 amide bonds. The molecule has 3 nitrogen and oxygen atoms in total. The molecule has 0 radical (unpaired) electrons. The molecule has 0 saturated heterocycles. The van der Waals surface area contributed by atoms with Gasteiger partial charge >= 0.3 is 0 Å². The van der Waals surface area contributed by atoms with Crippen LogP contribution < -0.4 is 5.73 Å². The number of rotatable bonds is 3. The molecule has 0 aromatic carbocycles. The zero-order valence-electron chi connectivity index (χ0n) is 6.90. The van der Waals surface area contributed by atoms with Gasteiger partial charge < -0.3 is 15.9 Å².